The van der Waals surface area contributed by atoms with Gasteiger partial charge in [0.2, 0.25) is 0 Å². The van der Waals surface area contributed by atoms with Crippen LogP contribution in [-0.2, 0) is 4.79 Å². The van der Waals surface area contributed by atoms with E-state index in [0.29, 0.717) is 11.3 Å². The highest BCUT2D eigenvalue weighted by Gasteiger charge is 2.17. The fourth-order valence-corrected chi connectivity index (χ4v) is 2.77. The summed E-state index contributed by atoms with van der Waals surface area (Å²) >= 11 is 0. The molecule has 0 aliphatic carbocycles. The summed E-state index contributed by atoms with van der Waals surface area (Å²) in [5.74, 6) is -0.320. The smallest absolute Gasteiger partial charge is 0.272 e. The van der Waals surface area contributed by atoms with Crippen molar-refractivity contribution >= 4 is 23.6 Å². The minimum absolute atomic E-state index is 0.100. The van der Waals surface area contributed by atoms with Gasteiger partial charge in [-0.05, 0) is 56.2 Å². The van der Waals surface area contributed by atoms with Gasteiger partial charge in [0.15, 0.2) is 0 Å². The number of nitrogens with one attached hydrogen (secondary N) is 2. The van der Waals surface area contributed by atoms with Crippen molar-refractivity contribution in [1.29, 1.82) is 0 Å². The zero-order valence-corrected chi connectivity index (χ0v) is 16.1. The fraction of sp³-hybridized carbons (Fsp3) is 0.130. The lowest BCUT2D eigenvalue weighted by atomic mass is 10.1. The van der Waals surface area contributed by atoms with Gasteiger partial charge in [0.25, 0.3) is 11.8 Å². The van der Waals surface area contributed by atoms with Crippen LogP contribution >= 0.6 is 0 Å². The number of aryl methyl sites for hydroxylation is 3. The second kappa shape index (κ2) is 8.39. The number of carbonyl (C=O) groups is 2. The van der Waals surface area contributed by atoms with Gasteiger partial charge < -0.3 is 15.1 Å². The van der Waals surface area contributed by atoms with Crippen molar-refractivity contribution in [1.82, 2.24) is 5.32 Å². The van der Waals surface area contributed by atoms with E-state index in [4.69, 9.17) is 4.42 Å². The Kier molecular flexibility index (Phi) is 5.75. The molecular formula is C23H22N2O3. The summed E-state index contributed by atoms with van der Waals surface area (Å²) < 4.78 is 5.31. The number of anilines is 1. The van der Waals surface area contributed by atoms with Gasteiger partial charge in [0, 0.05) is 17.3 Å². The van der Waals surface area contributed by atoms with E-state index >= 15 is 0 Å². The van der Waals surface area contributed by atoms with Crippen LogP contribution in [0.15, 0.2) is 71.0 Å². The summed E-state index contributed by atoms with van der Waals surface area (Å²) in [4.78, 5) is 25.6. The van der Waals surface area contributed by atoms with Crippen molar-refractivity contribution in [2.24, 2.45) is 0 Å². The molecule has 0 aliphatic rings. The van der Waals surface area contributed by atoms with Gasteiger partial charge in [-0.15, -0.1) is 0 Å². The highest BCUT2D eigenvalue weighted by atomic mass is 16.3. The van der Waals surface area contributed by atoms with Crippen LogP contribution in [0.4, 0.5) is 5.69 Å². The van der Waals surface area contributed by atoms with E-state index < -0.39 is 5.91 Å². The Bertz CT molecular complexity index is 996. The van der Waals surface area contributed by atoms with Gasteiger partial charge in [0.05, 0.1) is 6.26 Å². The first-order valence-electron chi connectivity index (χ1n) is 8.95. The maximum atomic E-state index is 12.9. The standard InChI is InChI=1S/C23H22N2O3/c1-15-9-11-18(12-10-15)22(26)24-20(14-19-8-5-13-28-19)23(27)25-21-16(2)6-4-7-17(21)3/h4-14H,1-3H3,(H,24,26)(H,25,27)/b20-14-. The highest BCUT2D eigenvalue weighted by Crippen LogP contribution is 2.20. The molecule has 2 amide bonds. The second-order valence-corrected chi connectivity index (χ2v) is 6.61. The number of hydrogen-bond acceptors (Lipinski definition) is 3. The Balaban J connectivity index is 1.88. The maximum Gasteiger partial charge on any atom is 0.272 e. The first kappa shape index (κ1) is 19.2. The number of rotatable bonds is 5. The van der Waals surface area contributed by atoms with Crippen molar-refractivity contribution in [2.45, 2.75) is 20.8 Å². The molecule has 0 aliphatic heterocycles. The number of amides is 2. The highest BCUT2D eigenvalue weighted by molar-refractivity contribution is 6.11. The number of para-hydroxylation sites is 1. The van der Waals surface area contributed by atoms with E-state index in [1.54, 1.807) is 24.3 Å². The molecule has 0 bridgehead atoms. The largest absolute Gasteiger partial charge is 0.465 e. The van der Waals surface area contributed by atoms with Gasteiger partial charge in [-0.25, -0.2) is 0 Å². The minimum Gasteiger partial charge on any atom is -0.465 e. The van der Waals surface area contributed by atoms with Crippen LogP contribution in [0, 0.1) is 20.8 Å². The number of furan rings is 1. The molecule has 1 heterocycles. The van der Waals surface area contributed by atoms with E-state index in [-0.39, 0.29) is 11.6 Å². The van der Waals surface area contributed by atoms with Crippen LogP contribution in [0.1, 0.15) is 32.8 Å². The summed E-state index contributed by atoms with van der Waals surface area (Å²) in [5.41, 5.74) is 4.23. The average molecular weight is 374 g/mol. The number of hydrogen-bond donors (Lipinski definition) is 2. The lowest BCUT2D eigenvalue weighted by Gasteiger charge is -2.14. The molecule has 0 atom stereocenters. The monoisotopic (exact) mass is 374 g/mol. The topological polar surface area (TPSA) is 71.3 Å². The molecular weight excluding hydrogens is 352 g/mol. The predicted octanol–water partition coefficient (Wildman–Crippen LogP) is 4.61. The predicted molar refractivity (Wildman–Crippen MR) is 110 cm³/mol. The quantitative estimate of drug-likeness (QED) is 0.641. The molecule has 0 spiro atoms. The summed E-state index contributed by atoms with van der Waals surface area (Å²) in [6.45, 7) is 5.79. The van der Waals surface area contributed by atoms with Crippen molar-refractivity contribution in [3.63, 3.8) is 0 Å². The van der Waals surface area contributed by atoms with E-state index in [1.807, 2.05) is 51.1 Å². The molecule has 1 aromatic heterocycles. The summed E-state index contributed by atoms with van der Waals surface area (Å²) in [7, 11) is 0. The molecule has 0 saturated carbocycles. The molecule has 0 radical (unpaired) electrons. The van der Waals surface area contributed by atoms with Gasteiger partial charge in [-0.2, -0.15) is 0 Å². The zero-order chi connectivity index (χ0) is 20.1. The van der Waals surface area contributed by atoms with Gasteiger partial charge in [0.1, 0.15) is 11.5 Å². The minimum atomic E-state index is -0.422. The first-order chi connectivity index (χ1) is 13.4. The normalized spacial score (nSPS) is 11.2. The number of carbonyl (C=O) groups excluding carboxylic acids is 2. The molecule has 28 heavy (non-hydrogen) atoms. The summed E-state index contributed by atoms with van der Waals surface area (Å²) in [6.07, 6.45) is 3.02. The Hall–Kier alpha value is -3.60. The second-order valence-electron chi connectivity index (χ2n) is 6.61. The van der Waals surface area contributed by atoms with E-state index in [0.717, 1.165) is 22.4 Å². The molecule has 0 fully saturated rings. The van der Waals surface area contributed by atoms with Crippen molar-refractivity contribution in [2.75, 3.05) is 5.32 Å². The van der Waals surface area contributed by atoms with Crippen LogP contribution < -0.4 is 10.6 Å². The molecule has 0 unspecified atom stereocenters. The Morgan fingerprint density at radius 2 is 1.57 bits per heavy atom. The Labute approximate surface area is 164 Å². The van der Waals surface area contributed by atoms with Crippen LogP contribution in [0.5, 0.6) is 0 Å². The third-order valence-electron chi connectivity index (χ3n) is 4.36. The van der Waals surface area contributed by atoms with Crippen LogP contribution in [0.2, 0.25) is 0 Å². The van der Waals surface area contributed by atoms with Crippen LogP contribution in [0.3, 0.4) is 0 Å². The van der Waals surface area contributed by atoms with E-state index in [2.05, 4.69) is 10.6 Å². The summed E-state index contributed by atoms with van der Waals surface area (Å²) in [6, 6.07) is 16.3. The van der Waals surface area contributed by atoms with Gasteiger partial charge in [-0.3, -0.25) is 9.59 Å². The third-order valence-corrected chi connectivity index (χ3v) is 4.36. The zero-order valence-electron chi connectivity index (χ0n) is 16.1. The number of benzene rings is 2. The van der Waals surface area contributed by atoms with Gasteiger partial charge >= 0.3 is 0 Å². The molecule has 0 saturated heterocycles. The molecule has 3 aromatic rings. The van der Waals surface area contributed by atoms with Crippen LogP contribution in [-0.4, -0.2) is 11.8 Å². The van der Waals surface area contributed by atoms with Crippen molar-refractivity contribution in [3.05, 3.63) is 94.6 Å². The SMILES string of the molecule is Cc1ccc(C(=O)N/C(=C\c2ccco2)C(=O)Nc2c(C)cccc2C)cc1. The molecule has 5 nitrogen and oxygen atoms in total. The van der Waals surface area contributed by atoms with Crippen molar-refractivity contribution < 1.29 is 14.0 Å². The van der Waals surface area contributed by atoms with Gasteiger partial charge in [-0.1, -0.05) is 35.9 Å². The summed E-state index contributed by atoms with van der Waals surface area (Å²) in [5, 5.41) is 5.59. The third kappa shape index (κ3) is 4.57. The van der Waals surface area contributed by atoms with E-state index in [9.17, 15) is 9.59 Å². The lowest BCUT2D eigenvalue weighted by Crippen LogP contribution is -2.31. The first-order valence-corrected chi connectivity index (χ1v) is 8.95. The van der Waals surface area contributed by atoms with E-state index in [1.165, 1.54) is 12.3 Å². The maximum absolute atomic E-state index is 12.9. The molecule has 3 rings (SSSR count). The van der Waals surface area contributed by atoms with Crippen molar-refractivity contribution in [3.8, 4) is 0 Å². The fourth-order valence-electron chi connectivity index (χ4n) is 2.77. The average Bonchev–Trinajstić information content (AvgIpc) is 3.18. The molecule has 5 heteroatoms. The molecule has 2 N–H and O–H groups in total. The lowest BCUT2D eigenvalue weighted by molar-refractivity contribution is -0.113. The van der Waals surface area contributed by atoms with Crippen LogP contribution in [0.25, 0.3) is 6.08 Å². The molecule has 142 valence electrons. The Morgan fingerprint density at radius 1 is 0.893 bits per heavy atom. The Morgan fingerprint density at radius 3 is 2.18 bits per heavy atom. The molecule has 2 aromatic carbocycles.